The fourth-order valence-electron chi connectivity index (χ4n) is 5.64. The number of pyridine rings is 1. The Bertz CT molecular complexity index is 1300. The van der Waals surface area contributed by atoms with Crippen LogP contribution in [0.15, 0.2) is 17.1 Å². The Labute approximate surface area is 208 Å². The van der Waals surface area contributed by atoms with Crippen LogP contribution in [0, 0.1) is 11.7 Å². The number of anilines is 1. The summed E-state index contributed by atoms with van der Waals surface area (Å²) in [7, 11) is 1.44. The van der Waals surface area contributed by atoms with E-state index in [1.54, 1.807) is 9.47 Å². The summed E-state index contributed by atoms with van der Waals surface area (Å²) in [5.41, 5.74) is -0.866. The van der Waals surface area contributed by atoms with Crippen LogP contribution < -0.4 is 15.1 Å². The molecule has 2 saturated heterocycles. The number of halogens is 1. The van der Waals surface area contributed by atoms with Crippen LogP contribution in [0.3, 0.4) is 0 Å². The number of rotatable bonds is 4. The fourth-order valence-corrected chi connectivity index (χ4v) is 5.64. The summed E-state index contributed by atoms with van der Waals surface area (Å²) in [5, 5.41) is 7.53. The lowest BCUT2D eigenvalue weighted by Gasteiger charge is -2.37. The maximum atomic E-state index is 15.7. The van der Waals surface area contributed by atoms with Crippen LogP contribution in [-0.4, -0.2) is 65.0 Å². The number of piperidine rings is 1. The summed E-state index contributed by atoms with van der Waals surface area (Å²) in [6.07, 6.45) is 4.53. The van der Waals surface area contributed by atoms with Crippen molar-refractivity contribution < 1.29 is 28.6 Å². The van der Waals surface area contributed by atoms with Crippen molar-refractivity contribution in [2.24, 2.45) is 5.92 Å². The average molecular weight is 503 g/mol. The molecule has 1 aromatic heterocycles. The van der Waals surface area contributed by atoms with E-state index in [2.05, 4.69) is 0 Å². The Morgan fingerprint density at radius 2 is 1.89 bits per heavy atom. The number of amides is 1. The van der Waals surface area contributed by atoms with Crippen molar-refractivity contribution in [3.05, 3.63) is 33.9 Å². The molecule has 3 aliphatic rings. The molecule has 194 valence electrons. The fraction of sp³-hybridized carbons (Fsp3) is 0.577. The number of hydrogen-bond donors (Lipinski definition) is 0. The van der Waals surface area contributed by atoms with Gasteiger partial charge in [-0.25, -0.2) is 9.18 Å². The predicted octanol–water partition coefficient (Wildman–Crippen LogP) is 3.18. The van der Waals surface area contributed by atoms with Crippen molar-refractivity contribution >= 4 is 28.7 Å². The van der Waals surface area contributed by atoms with Gasteiger partial charge in [0.2, 0.25) is 5.43 Å². The van der Waals surface area contributed by atoms with Gasteiger partial charge in [-0.1, -0.05) is 0 Å². The summed E-state index contributed by atoms with van der Waals surface area (Å²) in [6, 6.07) is 1.10. The van der Waals surface area contributed by atoms with Gasteiger partial charge >= 0.3 is 12.1 Å². The van der Waals surface area contributed by atoms with Crippen molar-refractivity contribution in [2.45, 2.75) is 64.1 Å². The molecule has 2 aromatic rings. The molecule has 1 aliphatic carbocycles. The second kappa shape index (κ2) is 8.67. The Morgan fingerprint density at radius 3 is 2.50 bits per heavy atom. The molecule has 0 unspecified atom stereocenters. The Hall–Kier alpha value is -3.30. The number of hydrogen-bond acceptors (Lipinski definition) is 6. The van der Waals surface area contributed by atoms with E-state index in [-0.39, 0.29) is 46.5 Å². The first-order valence-electron chi connectivity index (χ1n) is 12.5. The third kappa shape index (κ3) is 4.16. The summed E-state index contributed by atoms with van der Waals surface area (Å²) in [6.45, 7) is 7.05. The number of nitrogens with zero attached hydrogens (tertiary/aromatic N) is 3. The number of likely N-dealkylation sites (tertiary alicyclic amines) is 1. The van der Waals surface area contributed by atoms with E-state index in [0.717, 1.165) is 31.7 Å². The number of benzene rings is 1. The number of carbonyl (C=O) groups is 2. The third-order valence-corrected chi connectivity index (χ3v) is 7.31. The molecule has 1 aromatic carbocycles. The number of aromatic nitrogens is 1. The molecule has 3 fully saturated rings. The third-order valence-electron chi connectivity index (χ3n) is 7.31. The summed E-state index contributed by atoms with van der Waals surface area (Å²) >= 11 is 0. The number of methoxy groups -OCH3 is 1. The number of ether oxygens (including phenoxy) is 2. The lowest BCUT2D eigenvalue weighted by atomic mass is 9.92. The zero-order valence-electron chi connectivity index (χ0n) is 21.1. The summed E-state index contributed by atoms with van der Waals surface area (Å²) in [4.78, 5) is 41.4. The van der Waals surface area contributed by atoms with Gasteiger partial charge in [-0.15, -0.1) is 0 Å². The largest absolute Gasteiger partial charge is 0.561 e. The highest BCUT2D eigenvalue weighted by Crippen LogP contribution is 2.45. The van der Waals surface area contributed by atoms with E-state index in [1.807, 2.05) is 25.7 Å². The molecule has 10 heteroatoms. The maximum absolute atomic E-state index is 15.7. The maximum Gasteiger partial charge on any atom is 0.554 e. The minimum atomic E-state index is -1.09. The summed E-state index contributed by atoms with van der Waals surface area (Å²) < 4.78 is 28.9. The second-order valence-corrected chi connectivity index (χ2v) is 11.0. The first-order chi connectivity index (χ1) is 17.0. The number of carbonyl (C=O) groups excluding carboxylic acids is 2. The molecular formula is C26H33FN3O6+. The van der Waals surface area contributed by atoms with Crippen molar-refractivity contribution in [2.75, 3.05) is 31.6 Å². The average Bonchev–Trinajstić information content (AvgIpc) is 3.55. The molecule has 2 atom stereocenters. The van der Waals surface area contributed by atoms with E-state index < -0.39 is 22.8 Å². The van der Waals surface area contributed by atoms with Gasteiger partial charge < -0.3 is 28.9 Å². The van der Waals surface area contributed by atoms with Gasteiger partial charge in [0.1, 0.15) is 11.3 Å². The summed E-state index contributed by atoms with van der Waals surface area (Å²) in [5.74, 6) is -1.33. The van der Waals surface area contributed by atoms with Crippen LogP contribution in [0.4, 0.5) is 14.9 Å². The Kier molecular flexibility index (Phi) is 5.88. The zero-order valence-corrected chi connectivity index (χ0v) is 21.1. The van der Waals surface area contributed by atoms with Crippen molar-refractivity contribution in [3.8, 4) is 5.75 Å². The lowest BCUT2D eigenvalue weighted by molar-refractivity contribution is 0.00668. The van der Waals surface area contributed by atoms with E-state index in [4.69, 9.17) is 14.6 Å². The smallest absolute Gasteiger partial charge is 0.554 e. The van der Waals surface area contributed by atoms with Crippen LogP contribution in [0.1, 0.15) is 62.9 Å². The highest BCUT2D eigenvalue weighted by molar-refractivity contribution is 5.97. The van der Waals surface area contributed by atoms with Crippen molar-refractivity contribution in [3.63, 3.8) is 0 Å². The molecule has 3 heterocycles. The van der Waals surface area contributed by atoms with Crippen molar-refractivity contribution in [1.82, 2.24) is 9.47 Å². The topological polar surface area (TPSA) is 104 Å². The molecule has 1 amide bonds. The molecule has 2 N–H and O–H groups in total. The molecular weight excluding hydrogens is 469 g/mol. The van der Waals surface area contributed by atoms with Gasteiger partial charge in [0.25, 0.3) is 0 Å². The quantitative estimate of drug-likeness (QED) is 0.595. The standard InChI is InChI=1S/C26H32FN3O6/c1-26(2,3)36-25(34)29-9-5-6-14-11-28(13-19(14)29)21-18(27)10-16-20(23(21)35-4)30(15-7-8-15)12-17(22(16)31)24(32)33/h10,12,14-15,19H,5-9,11,13H2,1-4H3,(H,32,33)/p+1/t14-,19+/m0/s1. The first kappa shape index (κ1) is 24.4. The number of fused-ring (bicyclic) bond motifs is 2. The van der Waals surface area contributed by atoms with Crippen LogP contribution in [0.25, 0.3) is 10.9 Å². The Balaban J connectivity index is 1.58. The molecule has 1 saturated carbocycles. The van der Waals surface area contributed by atoms with E-state index in [9.17, 15) is 14.4 Å². The lowest BCUT2D eigenvalue weighted by Crippen LogP contribution is -2.50. The van der Waals surface area contributed by atoms with Gasteiger partial charge in [-0.2, -0.15) is 0 Å². The minimum absolute atomic E-state index is 0.0325. The highest BCUT2D eigenvalue weighted by atomic mass is 19.1. The zero-order chi connectivity index (χ0) is 25.9. The predicted molar refractivity (Wildman–Crippen MR) is 133 cm³/mol. The van der Waals surface area contributed by atoms with Crippen LogP contribution >= 0.6 is 0 Å². The first-order valence-corrected chi connectivity index (χ1v) is 12.5. The molecule has 0 radical (unpaired) electrons. The highest BCUT2D eigenvalue weighted by Gasteiger charge is 2.44. The molecule has 36 heavy (non-hydrogen) atoms. The molecule has 2 aliphatic heterocycles. The van der Waals surface area contributed by atoms with Gasteiger partial charge in [0.15, 0.2) is 17.1 Å². The van der Waals surface area contributed by atoms with E-state index >= 15 is 4.39 Å². The van der Waals surface area contributed by atoms with Crippen LogP contribution in [0.5, 0.6) is 5.75 Å². The van der Waals surface area contributed by atoms with Gasteiger partial charge in [-0.05, 0) is 58.4 Å². The normalized spacial score (nSPS) is 22.0. The monoisotopic (exact) mass is 502 g/mol. The second-order valence-electron chi connectivity index (χ2n) is 11.0. The van der Waals surface area contributed by atoms with Gasteiger partial charge in [-0.3, -0.25) is 4.79 Å². The van der Waals surface area contributed by atoms with Crippen LogP contribution in [0.2, 0.25) is 0 Å². The molecule has 5 rings (SSSR count). The molecule has 0 bridgehead atoms. The van der Waals surface area contributed by atoms with Gasteiger partial charge in [0, 0.05) is 36.7 Å². The van der Waals surface area contributed by atoms with E-state index in [0.29, 0.717) is 25.2 Å². The molecule has 0 spiro atoms. The SMILES string of the molecule is COc1c(N2C[C@@H]3CCCN(C(=O)OC(C)(C)C)[C@@H]3C2)c(F)cc2c(=O)c(C(=O)[OH2+])cn(C3CC3)c12. The Morgan fingerprint density at radius 1 is 1.17 bits per heavy atom. The van der Waals surface area contributed by atoms with Crippen LogP contribution in [-0.2, 0) is 4.74 Å². The minimum Gasteiger partial charge on any atom is -0.561 e. The molecule has 9 nitrogen and oxygen atoms in total. The van der Waals surface area contributed by atoms with Gasteiger partial charge in [0.05, 0.1) is 24.1 Å². The van der Waals surface area contributed by atoms with E-state index in [1.165, 1.54) is 13.3 Å². The van der Waals surface area contributed by atoms with Crippen molar-refractivity contribution in [1.29, 1.82) is 0 Å².